The highest BCUT2D eigenvalue weighted by Crippen LogP contribution is 2.10. The van der Waals surface area contributed by atoms with Crippen LogP contribution in [0, 0.1) is 0 Å². The van der Waals surface area contributed by atoms with Crippen LogP contribution in [-0.2, 0) is 4.79 Å². The number of carbonyl (C=O) groups is 1. The van der Waals surface area contributed by atoms with Crippen molar-refractivity contribution in [3.05, 3.63) is 23.8 Å². The Bertz CT molecular complexity index is 187. The summed E-state index contributed by atoms with van der Waals surface area (Å²) in [6.45, 7) is 9.33. The fraction of sp³-hybridized carbons (Fsp3) is 0.500. The van der Waals surface area contributed by atoms with E-state index in [9.17, 15) is 4.79 Å². The van der Waals surface area contributed by atoms with Gasteiger partial charge in [-0.05, 0) is 32.3 Å². The Kier molecular flexibility index (Phi) is 4.51. The molecule has 11 heavy (non-hydrogen) atoms. The minimum atomic E-state index is 0.162. The molecular weight excluding hydrogens is 136 g/mol. The van der Waals surface area contributed by atoms with E-state index in [1.165, 1.54) is 0 Å². The summed E-state index contributed by atoms with van der Waals surface area (Å²) in [7, 11) is 0. The number of carbonyl (C=O) groups excluding carboxylic acids is 1. The molecule has 0 fully saturated rings. The van der Waals surface area contributed by atoms with E-state index in [2.05, 4.69) is 6.58 Å². The summed E-state index contributed by atoms with van der Waals surface area (Å²) >= 11 is 0. The second-order valence-corrected chi connectivity index (χ2v) is 2.83. The van der Waals surface area contributed by atoms with Crippen LogP contribution in [-0.4, -0.2) is 5.78 Å². The van der Waals surface area contributed by atoms with Crippen LogP contribution in [0.15, 0.2) is 23.8 Å². The maximum absolute atomic E-state index is 11.0. The van der Waals surface area contributed by atoms with Crippen molar-refractivity contribution in [2.75, 3.05) is 0 Å². The van der Waals surface area contributed by atoms with Gasteiger partial charge in [0.05, 0.1) is 0 Å². The van der Waals surface area contributed by atoms with Crippen LogP contribution in [0.25, 0.3) is 0 Å². The van der Waals surface area contributed by atoms with Crippen molar-refractivity contribution < 1.29 is 4.79 Å². The van der Waals surface area contributed by atoms with Crippen LogP contribution in [0.5, 0.6) is 0 Å². The quantitative estimate of drug-likeness (QED) is 0.447. The van der Waals surface area contributed by atoms with E-state index in [1.807, 2.05) is 19.9 Å². The zero-order valence-electron chi connectivity index (χ0n) is 7.61. The molecule has 0 aromatic carbocycles. The Hall–Kier alpha value is -0.850. The molecule has 0 heterocycles. The summed E-state index contributed by atoms with van der Waals surface area (Å²) in [5.74, 6) is 0.162. The Labute approximate surface area is 68.8 Å². The van der Waals surface area contributed by atoms with Crippen LogP contribution in [0.1, 0.15) is 33.6 Å². The van der Waals surface area contributed by atoms with Crippen molar-refractivity contribution in [1.29, 1.82) is 0 Å². The molecule has 0 saturated heterocycles. The van der Waals surface area contributed by atoms with Crippen molar-refractivity contribution in [3.8, 4) is 0 Å². The standard InChI is InChI=1S/C10H16O/c1-5-6-10(9(4)11)7-8(2)3/h6H,2,5,7H2,1,3-4H3/b10-6-. The molecule has 0 bridgehead atoms. The maximum Gasteiger partial charge on any atom is 0.155 e. The third kappa shape index (κ3) is 4.54. The Morgan fingerprint density at radius 1 is 1.45 bits per heavy atom. The largest absolute Gasteiger partial charge is 0.295 e. The predicted molar refractivity (Wildman–Crippen MR) is 48.5 cm³/mol. The third-order valence-electron chi connectivity index (χ3n) is 1.39. The lowest BCUT2D eigenvalue weighted by atomic mass is 10.0. The smallest absolute Gasteiger partial charge is 0.155 e. The van der Waals surface area contributed by atoms with Gasteiger partial charge in [-0.2, -0.15) is 0 Å². The van der Waals surface area contributed by atoms with Gasteiger partial charge < -0.3 is 0 Å². The van der Waals surface area contributed by atoms with Gasteiger partial charge in [0.2, 0.25) is 0 Å². The molecule has 0 rings (SSSR count). The number of rotatable bonds is 4. The number of allylic oxidation sites excluding steroid dienone is 3. The van der Waals surface area contributed by atoms with Crippen molar-refractivity contribution in [3.63, 3.8) is 0 Å². The van der Waals surface area contributed by atoms with Crippen LogP contribution < -0.4 is 0 Å². The van der Waals surface area contributed by atoms with Gasteiger partial charge in [-0.15, -0.1) is 0 Å². The molecule has 0 unspecified atom stereocenters. The van der Waals surface area contributed by atoms with Crippen LogP contribution in [0.3, 0.4) is 0 Å². The van der Waals surface area contributed by atoms with E-state index in [0.717, 1.165) is 24.0 Å². The lowest BCUT2D eigenvalue weighted by Gasteiger charge is -2.01. The van der Waals surface area contributed by atoms with Gasteiger partial charge in [0, 0.05) is 0 Å². The number of ketones is 1. The van der Waals surface area contributed by atoms with Crippen molar-refractivity contribution >= 4 is 5.78 Å². The van der Waals surface area contributed by atoms with Gasteiger partial charge >= 0.3 is 0 Å². The van der Waals surface area contributed by atoms with E-state index < -0.39 is 0 Å². The van der Waals surface area contributed by atoms with E-state index in [4.69, 9.17) is 0 Å². The molecule has 0 aliphatic carbocycles. The van der Waals surface area contributed by atoms with Crippen LogP contribution >= 0.6 is 0 Å². The fourth-order valence-corrected chi connectivity index (χ4v) is 0.912. The molecule has 1 nitrogen and oxygen atoms in total. The average Bonchev–Trinajstić information content (AvgIpc) is 1.86. The topological polar surface area (TPSA) is 17.1 Å². The molecular formula is C10H16O. The van der Waals surface area contributed by atoms with E-state index in [-0.39, 0.29) is 5.78 Å². The summed E-state index contributed by atoms with van der Waals surface area (Å²) in [5, 5.41) is 0. The molecule has 0 N–H and O–H groups in total. The number of Topliss-reactive ketones (excluding diaryl/α,β-unsaturated/α-hetero) is 1. The first-order valence-electron chi connectivity index (χ1n) is 3.92. The monoisotopic (exact) mass is 152 g/mol. The van der Waals surface area contributed by atoms with E-state index in [0.29, 0.717) is 0 Å². The summed E-state index contributed by atoms with van der Waals surface area (Å²) in [6, 6.07) is 0. The molecule has 0 spiro atoms. The lowest BCUT2D eigenvalue weighted by Crippen LogP contribution is -1.96. The summed E-state index contributed by atoms with van der Waals surface area (Å²) in [5.41, 5.74) is 1.93. The molecule has 62 valence electrons. The molecule has 0 aliphatic heterocycles. The molecule has 0 aliphatic rings. The second kappa shape index (κ2) is 4.89. The van der Waals surface area contributed by atoms with Crippen LogP contribution in [0.2, 0.25) is 0 Å². The molecule has 0 radical (unpaired) electrons. The highest BCUT2D eigenvalue weighted by molar-refractivity contribution is 5.93. The Morgan fingerprint density at radius 3 is 2.27 bits per heavy atom. The highest BCUT2D eigenvalue weighted by Gasteiger charge is 2.01. The highest BCUT2D eigenvalue weighted by atomic mass is 16.1. The van der Waals surface area contributed by atoms with Crippen molar-refractivity contribution in [2.45, 2.75) is 33.6 Å². The average molecular weight is 152 g/mol. The van der Waals surface area contributed by atoms with Gasteiger partial charge in [0.15, 0.2) is 5.78 Å². The third-order valence-corrected chi connectivity index (χ3v) is 1.39. The summed E-state index contributed by atoms with van der Waals surface area (Å²) in [4.78, 5) is 11.0. The van der Waals surface area contributed by atoms with Gasteiger partial charge in [-0.1, -0.05) is 25.2 Å². The fourth-order valence-electron chi connectivity index (χ4n) is 0.912. The second-order valence-electron chi connectivity index (χ2n) is 2.83. The minimum absolute atomic E-state index is 0.162. The van der Waals surface area contributed by atoms with Gasteiger partial charge in [-0.3, -0.25) is 4.79 Å². The molecule has 0 aromatic heterocycles. The van der Waals surface area contributed by atoms with E-state index >= 15 is 0 Å². The molecule has 0 saturated carbocycles. The zero-order chi connectivity index (χ0) is 8.85. The molecule has 0 amide bonds. The number of hydrogen-bond acceptors (Lipinski definition) is 1. The normalized spacial score (nSPS) is 11.4. The lowest BCUT2D eigenvalue weighted by molar-refractivity contribution is -0.113. The SMILES string of the molecule is C=C(C)C/C(=C/CC)C(C)=O. The molecule has 0 atom stereocenters. The van der Waals surface area contributed by atoms with Gasteiger partial charge in [0.25, 0.3) is 0 Å². The van der Waals surface area contributed by atoms with Gasteiger partial charge in [-0.25, -0.2) is 0 Å². The van der Waals surface area contributed by atoms with Crippen molar-refractivity contribution in [1.82, 2.24) is 0 Å². The van der Waals surface area contributed by atoms with E-state index in [1.54, 1.807) is 6.92 Å². The summed E-state index contributed by atoms with van der Waals surface area (Å²) < 4.78 is 0. The first-order valence-corrected chi connectivity index (χ1v) is 3.92. The van der Waals surface area contributed by atoms with Crippen molar-refractivity contribution in [2.24, 2.45) is 0 Å². The Morgan fingerprint density at radius 2 is 2.00 bits per heavy atom. The van der Waals surface area contributed by atoms with Gasteiger partial charge in [0.1, 0.15) is 0 Å². The predicted octanol–water partition coefficient (Wildman–Crippen LogP) is 2.88. The number of hydrogen-bond donors (Lipinski definition) is 0. The molecule has 1 heteroatoms. The Balaban J connectivity index is 4.23. The van der Waals surface area contributed by atoms with Crippen LogP contribution in [0.4, 0.5) is 0 Å². The first kappa shape index (κ1) is 10.2. The minimum Gasteiger partial charge on any atom is -0.295 e. The maximum atomic E-state index is 11.0. The summed E-state index contributed by atoms with van der Waals surface area (Å²) in [6.07, 6.45) is 3.61. The molecule has 0 aromatic rings. The zero-order valence-corrected chi connectivity index (χ0v) is 7.61. The first-order chi connectivity index (χ1) is 5.07.